The smallest absolute Gasteiger partial charge is 0.191 e. The van der Waals surface area contributed by atoms with E-state index in [1.165, 1.54) is 0 Å². The lowest BCUT2D eigenvalue weighted by atomic mass is 10.0. The van der Waals surface area contributed by atoms with Crippen LogP contribution in [-0.4, -0.2) is 80.1 Å². The van der Waals surface area contributed by atoms with Crippen molar-refractivity contribution in [3.8, 4) is 0 Å². The van der Waals surface area contributed by atoms with E-state index in [0.717, 1.165) is 25.3 Å². The number of aromatic nitrogens is 1. The van der Waals surface area contributed by atoms with Gasteiger partial charge in [-0.3, -0.25) is 9.80 Å². The number of aryl methyl sites for hydroxylation is 1. The van der Waals surface area contributed by atoms with Gasteiger partial charge in [0.25, 0.3) is 0 Å². The Morgan fingerprint density at radius 1 is 1.32 bits per heavy atom. The third kappa shape index (κ3) is 3.34. The van der Waals surface area contributed by atoms with E-state index in [2.05, 4.69) is 14.8 Å². The van der Waals surface area contributed by atoms with Crippen LogP contribution in [0.2, 0.25) is 0 Å². The largest absolute Gasteiger partial charge is 0.449 e. The third-order valence-electron chi connectivity index (χ3n) is 4.52. The van der Waals surface area contributed by atoms with Gasteiger partial charge in [0.2, 0.25) is 0 Å². The molecule has 3 rings (SSSR count). The van der Waals surface area contributed by atoms with Crippen molar-refractivity contribution in [2.75, 3.05) is 44.9 Å². The molecule has 8 heteroatoms. The fourth-order valence-corrected chi connectivity index (χ4v) is 5.51. The first kappa shape index (κ1) is 15.9. The second kappa shape index (κ2) is 6.27. The lowest BCUT2D eigenvalue weighted by molar-refractivity contribution is 0.0247. The Labute approximate surface area is 131 Å². The molecule has 7 nitrogen and oxygen atoms in total. The van der Waals surface area contributed by atoms with Crippen molar-refractivity contribution in [2.24, 2.45) is 0 Å². The summed E-state index contributed by atoms with van der Waals surface area (Å²) in [6.07, 6.45) is 1.66. The van der Waals surface area contributed by atoms with E-state index in [0.29, 0.717) is 19.0 Å². The molecule has 124 valence electrons. The van der Waals surface area contributed by atoms with Gasteiger partial charge in [-0.1, -0.05) is 0 Å². The highest BCUT2D eigenvalue weighted by atomic mass is 32.2. The molecule has 2 aliphatic heterocycles. The first-order chi connectivity index (χ1) is 10.5. The van der Waals surface area contributed by atoms with Gasteiger partial charge in [-0.2, -0.15) is 0 Å². The van der Waals surface area contributed by atoms with Gasteiger partial charge in [-0.05, 0) is 0 Å². The van der Waals surface area contributed by atoms with Crippen molar-refractivity contribution >= 4 is 9.84 Å². The molecule has 0 radical (unpaired) electrons. The molecule has 2 atom stereocenters. The SMILES string of the molecule is COCCN1CCN(Cc2coc(C)n2)[C@H]2CS(=O)(=O)C[C@H]21. The normalized spacial score (nSPS) is 28.8. The number of nitrogens with zero attached hydrogens (tertiary/aromatic N) is 3. The summed E-state index contributed by atoms with van der Waals surface area (Å²) in [7, 11) is -1.30. The highest BCUT2D eigenvalue weighted by molar-refractivity contribution is 7.91. The first-order valence-electron chi connectivity index (χ1n) is 7.57. The van der Waals surface area contributed by atoms with Gasteiger partial charge in [0.15, 0.2) is 15.7 Å². The van der Waals surface area contributed by atoms with E-state index in [9.17, 15) is 8.42 Å². The molecule has 0 aliphatic carbocycles. The molecule has 0 amide bonds. The Morgan fingerprint density at radius 3 is 2.64 bits per heavy atom. The molecule has 1 aromatic heterocycles. The number of piperazine rings is 1. The molecule has 0 spiro atoms. The minimum absolute atomic E-state index is 0.0348. The summed E-state index contributed by atoms with van der Waals surface area (Å²) in [5, 5.41) is 0. The maximum atomic E-state index is 12.1. The van der Waals surface area contributed by atoms with E-state index >= 15 is 0 Å². The minimum atomic E-state index is -2.97. The predicted octanol–water partition coefficient (Wildman–Crippen LogP) is -0.0874. The quantitative estimate of drug-likeness (QED) is 0.747. The highest BCUT2D eigenvalue weighted by Crippen LogP contribution is 2.27. The number of hydrogen-bond acceptors (Lipinski definition) is 7. The van der Waals surface area contributed by atoms with Crippen molar-refractivity contribution < 1.29 is 17.6 Å². The summed E-state index contributed by atoms with van der Waals surface area (Å²) in [6, 6.07) is 0.0921. The van der Waals surface area contributed by atoms with Crippen LogP contribution in [0, 0.1) is 6.92 Å². The predicted molar refractivity (Wildman–Crippen MR) is 81.3 cm³/mol. The summed E-state index contributed by atoms with van der Waals surface area (Å²) in [5.74, 6) is 1.12. The molecule has 3 heterocycles. The molecule has 1 aromatic rings. The lowest BCUT2D eigenvalue weighted by Gasteiger charge is -2.43. The van der Waals surface area contributed by atoms with Gasteiger partial charge >= 0.3 is 0 Å². The fourth-order valence-electron chi connectivity index (χ4n) is 3.47. The molecule has 2 saturated heterocycles. The maximum Gasteiger partial charge on any atom is 0.191 e. The first-order valence-corrected chi connectivity index (χ1v) is 9.39. The lowest BCUT2D eigenvalue weighted by Crippen LogP contribution is -2.59. The van der Waals surface area contributed by atoms with Crippen LogP contribution in [0.25, 0.3) is 0 Å². The molecular formula is C14H23N3O4S. The number of hydrogen-bond donors (Lipinski definition) is 0. The molecule has 2 fully saturated rings. The van der Waals surface area contributed by atoms with Crippen LogP contribution in [0.1, 0.15) is 11.6 Å². The molecule has 2 aliphatic rings. The Balaban J connectivity index is 1.74. The monoisotopic (exact) mass is 329 g/mol. The van der Waals surface area contributed by atoms with E-state index in [1.54, 1.807) is 13.4 Å². The van der Waals surface area contributed by atoms with E-state index < -0.39 is 9.84 Å². The zero-order valence-electron chi connectivity index (χ0n) is 13.1. The van der Waals surface area contributed by atoms with Gasteiger partial charge in [0.05, 0.1) is 23.8 Å². The van der Waals surface area contributed by atoms with Crippen molar-refractivity contribution in [1.82, 2.24) is 14.8 Å². The van der Waals surface area contributed by atoms with Crippen LogP contribution in [0.5, 0.6) is 0 Å². The number of fused-ring (bicyclic) bond motifs is 1. The van der Waals surface area contributed by atoms with Crippen molar-refractivity contribution in [3.05, 3.63) is 17.8 Å². The van der Waals surface area contributed by atoms with E-state index in [1.807, 2.05) is 6.92 Å². The van der Waals surface area contributed by atoms with Gasteiger partial charge < -0.3 is 9.15 Å². The topological polar surface area (TPSA) is 75.9 Å². The van der Waals surface area contributed by atoms with Crippen molar-refractivity contribution in [2.45, 2.75) is 25.6 Å². The summed E-state index contributed by atoms with van der Waals surface area (Å²) < 4.78 is 34.6. The molecule has 0 bridgehead atoms. The number of ether oxygens (including phenoxy) is 1. The van der Waals surface area contributed by atoms with Gasteiger partial charge in [-0.15, -0.1) is 0 Å². The molecule has 22 heavy (non-hydrogen) atoms. The Bertz CT molecular complexity index is 615. The van der Waals surface area contributed by atoms with E-state index in [4.69, 9.17) is 9.15 Å². The highest BCUT2D eigenvalue weighted by Gasteiger charge is 2.46. The number of rotatable bonds is 5. The average molecular weight is 329 g/mol. The molecule has 0 saturated carbocycles. The maximum absolute atomic E-state index is 12.1. The van der Waals surface area contributed by atoms with Crippen LogP contribution in [0.4, 0.5) is 0 Å². The summed E-state index contributed by atoms with van der Waals surface area (Å²) in [6.45, 7) is 5.57. The Kier molecular flexibility index (Phi) is 4.54. The van der Waals surface area contributed by atoms with Crippen molar-refractivity contribution in [3.63, 3.8) is 0 Å². The number of oxazole rings is 1. The number of sulfone groups is 1. The van der Waals surface area contributed by atoms with Gasteiger partial charge in [-0.25, -0.2) is 13.4 Å². The van der Waals surface area contributed by atoms with Crippen molar-refractivity contribution in [1.29, 1.82) is 0 Å². The fraction of sp³-hybridized carbons (Fsp3) is 0.786. The van der Waals surface area contributed by atoms with Crippen LogP contribution in [0.15, 0.2) is 10.7 Å². The standard InChI is InChI=1S/C14H23N3O4S/c1-11-15-12(8-21-11)7-17-4-3-16(5-6-20-2)13-9-22(18,19)10-14(13)17/h8,13-14H,3-7,9-10H2,1-2H3/t13-,14+/m1/s1. The minimum Gasteiger partial charge on any atom is -0.449 e. The zero-order valence-corrected chi connectivity index (χ0v) is 13.9. The molecule has 0 unspecified atom stereocenters. The van der Waals surface area contributed by atoms with Gasteiger partial charge in [0.1, 0.15) is 6.26 Å². The molecule has 0 aromatic carbocycles. The summed E-state index contributed by atoms with van der Waals surface area (Å²) in [4.78, 5) is 8.82. The Hall–Kier alpha value is -0.960. The van der Waals surface area contributed by atoms with Gasteiger partial charge in [0, 0.05) is 52.3 Å². The van der Waals surface area contributed by atoms with Crippen LogP contribution in [0.3, 0.4) is 0 Å². The van der Waals surface area contributed by atoms with E-state index in [-0.39, 0.29) is 23.6 Å². The third-order valence-corrected chi connectivity index (χ3v) is 6.22. The van der Waals surface area contributed by atoms with Crippen LogP contribution < -0.4 is 0 Å². The molecular weight excluding hydrogens is 306 g/mol. The zero-order chi connectivity index (χ0) is 15.7. The Morgan fingerprint density at radius 2 is 2.00 bits per heavy atom. The summed E-state index contributed by atoms with van der Waals surface area (Å²) >= 11 is 0. The average Bonchev–Trinajstić information content (AvgIpc) is 3.00. The molecule has 0 N–H and O–H groups in total. The summed E-state index contributed by atoms with van der Waals surface area (Å²) in [5.41, 5.74) is 0.867. The second-order valence-electron chi connectivity index (χ2n) is 6.07. The number of methoxy groups -OCH3 is 1. The van der Waals surface area contributed by atoms with Crippen LogP contribution >= 0.6 is 0 Å². The van der Waals surface area contributed by atoms with Crippen LogP contribution in [-0.2, 0) is 21.1 Å². The second-order valence-corrected chi connectivity index (χ2v) is 8.22.